The lowest BCUT2D eigenvalue weighted by atomic mass is 10.1. The molecule has 3 aromatic rings. The normalized spacial score (nSPS) is 17.6. The highest BCUT2D eigenvalue weighted by Gasteiger charge is 2.25. The number of nitrogens with zero attached hydrogens (tertiary/aromatic N) is 4. The summed E-state index contributed by atoms with van der Waals surface area (Å²) in [6, 6.07) is 9.50. The number of morpholine rings is 1. The van der Waals surface area contributed by atoms with Crippen LogP contribution in [0.2, 0.25) is 5.02 Å². The summed E-state index contributed by atoms with van der Waals surface area (Å²) in [5.41, 5.74) is 4.31. The standard InChI is InChI=1S/C21H26ClN5O2/c1-15-16(12-26(2)25-15)13-27-7-9-29-21(14-27)20-11-18(23-24-20)6-8-28-19-5-3-4-17(22)10-19/h3-5,10-12,21H,6-9,13-14H2,1-2H3,(H,23,24)/t21-/m1/s1. The number of hydrogen-bond donors (Lipinski definition) is 1. The van der Waals surface area contributed by atoms with Gasteiger partial charge in [-0.15, -0.1) is 0 Å². The number of aromatic nitrogens is 4. The highest BCUT2D eigenvalue weighted by atomic mass is 35.5. The lowest BCUT2D eigenvalue weighted by molar-refractivity contribution is -0.0350. The Balaban J connectivity index is 1.30. The lowest BCUT2D eigenvalue weighted by Gasteiger charge is -2.31. The van der Waals surface area contributed by atoms with Crippen LogP contribution in [0.1, 0.15) is 28.7 Å². The second-order valence-electron chi connectivity index (χ2n) is 7.38. The molecule has 1 aliphatic rings. The van der Waals surface area contributed by atoms with Crippen LogP contribution in [0.15, 0.2) is 36.5 Å². The maximum Gasteiger partial charge on any atom is 0.120 e. The van der Waals surface area contributed by atoms with Crippen molar-refractivity contribution in [2.45, 2.75) is 26.0 Å². The highest BCUT2D eigenvalue weighted by molar-refractivity contribution is 6.30. The zero-order valence-electron chi connectivity index (χ0n) is 16.8. The molecule has 0 saturated carbocycles. The van der Waals surface area contributed by atoms with Gasteiger partial charge in [0.05, 0.1) is 24.6 Å². The number of benzene rings is 1. The second kappa shape index (κ2) is 8.98. The van der Waals surface area contributed by atoms with Crippen molar-refractivity contribution in [2.75, 3.05) is 26.3 Å². The third-order valence-electron chi connectivity index (χ3n) is 5.08. The number of hydrogen-bond acceptors (Lipinski definition) is 5. The number of rotatable bonds is 7. The van der Waals surface area contributed by atoms with Crippen molar-refractivity contribution in [3.8, 4) is 5.75 Å². The van der Waals surface area contributed by atoms with Crippen molar-refractivity contribution < 1.29 is 9.47 Å². The monoisotopic (exact) mass is 415 g/mol. The quantitative estimate of drug-likeness (QED) is 0.641. The average molecular weight is 416 g/mol. The minimum atomic E-state index is -0.0282. The van der Waals surface area contributed by atoms with Crippen LogP contribution in [0.5, 0.6) is 5.75 Å². The van der Waals surface area contributed by atoms with Crippen molar-refractivity contribution in [1.82, 2.24) is 24.9 Å². The van der Waals surface area contributed by atoms with Gasteiger partial charge in [-0.2, -0.15) is 10.2 Å². The molecule has 0 amide bonds. The van der Waals surface area contributed by atoms with E-state index < -0.39 is 0 Å². The summed E-state index contributed by atoms with van der Waals surface area (Å²) in [5, 5.41) is 12.7. The smallest absolute Gasteiger partial charge is 0.120 e. The molecule has 8 heteroatoms. The molecule has 0 unspecified atom stereocenters. The zero-order valence-corrected chi connectivity index (χ0v) is 17.5. The molecular formula is C21H26ClN5O2. The Hall–Kier alpha value is -2.35. The number of ether oxygens (including phenoxy) is 2. The van der Waals surface area contributed by atoms with Crippen molar-refractivity contribution in [3.05, 3.63) is 64.2 Å². The molecule has 1 N–H and O–H groups in total. The topological polar surface area (TPSA) is 68.2 Å². The van der Waals surface area contributed by atoms with E-state index in [1.807, 2.05) is 36.0 Å². The van der Waals surface area contributed by atoms with Gasteiger partial charge in [0.1, 0.15) is 11.9 Å². The maximum atomic E-state index is 5.98. The number of nitrogens with one attached hydrogen (secondary N) is 1. The molecule has 1 aliphatic heterocycles. The molecule has 0 spiro atoms. The van der Waals surface area contributed by atoms with Crippen LogP contribution in [0.3, 0.4) is 0 Å². The Morgan fingerprint density at radius 3 is 3.03 bits per heavy atom. The minimum absolute atomic E-state index is 0.0282. The van der Waals surface area contributed by atoms with Crippen LogP contribution in [-0.2, 0) is 24.8 Å². The van der Waals surface area contributed by atoms with Gasteiger partial charge in [0.15, 0.2) is 0 Å². The fraction of sp³-hybridized carbons (Fsp3) is 0.429. The molecule has 2 aromatic heterocycles. The van der Waals surface area contributed by atoms with Gasteiger partial charge in [-0.1, -0.05) is 17.7 Å². The predicted molar refractivity (Wildman–Crippen MR) is 111 cm³/mol. The van der Waals surface area contributed by atoms with Crippen LogP contribution in [0, 0.1) is 6.92 Å². The van der Waals surface area contributed by atoms with Gasteiger partial charge in [-0.05, 0) is 31.2 Å². The summed E-state index contributed by atoms with van der Waals surface area (Å²) in [6.45, 7) is 5.92. The van der Waals surface area contributed by atoms with Gasteiger partial charge >= 0.3 is 0 Å². The molecule has 154 valence electrons. The fourth-order valence-electron chi connectivity index (χ4n) is 3.58. The summed E-state index contributed by atoms with van der Waals surface area (Å²) in [4.78, 5) is 2.40. The van der Waals surface area contributed by atoms with E-state index in [0.29, 0.717) is 18.2 Å². The molecule has 1 atom stereocenters. The van der Waals surface area contributed by atoms with Crippen LogP contribution in [0.25, 0.3) is 0 Å². The van der Waals surface area contributed by atoms with Crippen LogP contribution in [-0.4, -0.2) is 51.2 Å². The Morgan fingerprint density at radius 1 is 1.34 bits per heavy atom. The summed E-state index contributed by atoms with van der Waals surface area (Å²) in [7, 11) is 1.96. The molecule has 0 radical (unpaired) electrons. The van der Waals surface area contributed by atoms with E-state index >= 15 is 0 Å². The third kappa shape index (κ3) is 5.18. The van der Waals surface area contributed by atoms with E-state index in [9.17, 15) is 0 Å². The molecule has 1 aromatic carbocycles. The van der Waals surface area contributed by atoms with Crippen LogP contribution < -0.4 is 4.74 Å². The largest absolute Gasteiger partial charge is 0.493 e. The van der Waals surface area contributed by atoms with Crippen LogP contribution >= 0.6 is 11.6 Å². The van der Waals surface area contributed by atoms with Crippen molar-refractivity contribution in [2.24, 2.45) is 7.05 Å². The number of aromatic amines is 1. The molecule has 29 heavy (non-hydrogen) atoms. The third-order valence-corrected chi connectivity index (χ3v) is 5.31. The molecule has 3 heterocycles. The first-order chi connectivity index (χ1) is 14.1. The Kier molecular flexibility index (Phi) is 6.18. The molecular weight excluding hydrogens is 390 g/mol. The molecule has 1 saturated heterocycles. The van der Waals surface area contributed by atoms with E-state index in [0.717, 1.165) is 48.9 Å². The molecule has 0 bridgehead atoms. The van der Waals surface area contributed by atoms with E-state index in [1.165, 1.54) is 5.56 Å². The Morgan fingerprint density at radius 2 is 2.24 bits per heavy atom. The van der Waals surface area contributed by atoms with Crippen molar-refractivity contribution in [3.63, 3.8) is 0 Å². The van der Waals surface area contributed by atoms with E-state index in [4.69, 9.17) is 21.1 Å². The van der Waals surface area contributed by atoms with Crippen LogP contribution in [0.4, 0.5) is 0 Å². The summed E-state index contributed by atoms with van der Waals surface area (Å²) < 4.78 is 13.6. The van der Waals surface area contributed by atoms with Gasteiger partial charge in [-0.3, -0.25) is 14.7 Å². The highest BCUT2D eigenvalue weighted by Crippen LogP contribution is 2.23. The first-order valence-corrected chi connectivity index (χ1v) is 10.2. The van der Waals surface area contributed by atoms with E-state index in [-0.39, 0.29) is 6.10 Å². The minimum Gasteiger partial charge on any atom is -0.493 e. The van der Waals surface area contributed by atoms with Crippen molar-refractivity contribution in [1.29, 1.82) is 0 Å². The predicted octanol–water partition coefficient (Wildman–Crippen LogP) is 3.30. The lowest BCUT2D eigenvalue weighted by Crippen LogP contribution is -2.38. The van der Waals surface area contributed by atoms with Gasteiger partial charge < -0.3 is 9.47 Å². The number of aryl methyl sites for hydroxylation is 2. The summed E-state index contributed by atoms with van der Waals surface area (Å²) in [5.74, 6) is 0.772. The molecule has 4 rings (SSSR count). The maximum absolute atomic E-state index is 5.98. The van der Waals surface area contributed by atoms with Gasteiger partial charge in [0, 0.05) is 55.6 Å². The summed E-state index contributed by atoms with van der Waals surface area (Å²) >= 11 is 5.98. The second-order valence-corrected chi connectivity index (χ2v) is 7.82. The van der Waals surface area contributed by atoms with Gasteiger partial charge in [0.25, 0.3) is 0 Å². The average Bonchev–Trinajstić information content (AvgIpc) is 3.28. The number of halogens is 1. The zero-order chi connectivity index (χ0) is 20.2. The Bertz CT molecular complexity index is 954. The fourth-order valence-corrected chi connectivity index (χ4v) is 3.76. The molecule has 0 aliphatic carbocycles. The molecule has 7 nitrogen and oxygen atoms in total. The van der Waals surface area contributed by atoms with Crippen molar-refractivity contribution >= 4 is 11.6 Å². The summed E-state index contributed by atoms with van der Waals surface area (Å²) in [6.07, 6.45) is 2.80. The van der Waals surface area contributed by atoms with Gasteiger partial charge in [-0.25, -0.2) is 0 Å². The SMILES string of the molecule is Cc1nn(C)cc1CN1CCO[C@@H](c2cc(CCOc3cccc(Cl)c3)[nH]n2)C1. The Labute approximate surface area is 175 Å². The van der Waals surface area contributed by atoms with E-state index in [2.05, 4.69) is 39.4 Å². The first-order valence-electron chi connectivity index (χ1n) is 9.82. The molecule has 1 fully saturated rings. The van der Waals surface area contributed by atoms with E-state index in [1.54, 1.807) is 0 Å². The van der Waals surface area contributed by atoms with Gasteiger partial charge in [0.2, 0.25) is 0 Å². The first kappa shape index (κ1) is 19.9. The number of H-pyrrole nitrogens is 1.